The second kappa shape index (κ2) is 7.26. The molecule has 0 saturated heterocycles. The Morgan fingerprint density at radius 3 is 3.00 bits per heavy atom. The summed E-state index contributed by atoms with van der Waals surface area (Å²) in [6, 6.07) is 8.26. The van der Waals surface area contributed by atoms with Crippen LogP contribution in [0.1, 0.15) is 23.1 Å². The topological polar surface area (TPSA) is 34.1 Å². The van der Waals surface area contributed by atoms with Crippen LogP contribution >= 0.6 is 11.3 Å². The summed E-state index contributed by atoms with van der Waals surface area (Å²) in [6.45, 7) is 6.73. The third-order valence-corrected chi connectivity index (χ3v) is 3.92. The van der Waals surface area contributed by atoms with E-state index in [1.807, 2.05) is 24.6 Å². The standard InChI is InChI=1S/C15H20N2OS/c1-3-16-10-13-5-4-6-14(9-13)18-8-7-15-12(2)17-11-19-15/h4-6,9,11,16H,3,7-8,10H2,1-2H3. The third kappa shape index (κ3) is 4.33. The zero-order valence-electron chi connectivity index (χ0n) is 11.5. The van der Waals surface area contributed by atoms with E-state index < -0.39 is 0 Å². The fourth-order valence-electron chi connectivity index (χ4n) is 1.84. The van der Waals surface area contributed by atoms with Crippen molar-refractivity contribution in [3.63, 3.8) is 0 Å². The molecule has 0 aliphatic heterocycles. The second-order valence-electron chi connectivity index (χ2n) is 4.39. The van der Waals surface area contributed by atoms with Gasteiger partial charge >= 0.3 is 0 Å². The van der Waals surface area contributed by atoms with Crippen LogP contribution in [0.3, 0.4) is 0 Å². The summed E-state index contributed by atoms with van der Waals surface area (Å²) < 4.78 is 5.81. The molecule has 0 saturated carbocycles. The normalized spacial score (nSPS) is 10.6. The maximum Gasteiger partial charge on any atom is 0.119 e. The summed E-state index contributed by atoms with van der Waals surface area (Å²) in [7, 11) is 0. The van der Waals surface area contributed by atoms with Crippen molar-refractivity contribution in [2.45, 2.75) is 26.8 Å². The average Bonchev–Trinajstić information content (AvgIpc) is 2.83. The van der Waals surface area contributed by atoms with Crippen LogP contribution in [0.5, 0.6) is 5.75 Å². The molecule has 1 N–H and O–H groups in total. The second-order valence-corrected chi connectivity index (χ2v) is 5.33. The number of benzene rings is 1. The molecule has 0 atom stereocenters. The average molecular weight is 276 g/mol. The Morgan fingerprint density at radius 1 is 1.37 bits per heavy atom. The molecule has 1 aromatic carbocycles. The van der Waals surface area contributed by atoms with Gasteiger partial charge in [-0.1, -0.05) is 19.1 Å². The van der Waals surface area contributed by atoms with Crippen LogP contribution in [0.2, 0.25) is 0 Å². The summed E-state index contributed by atoms with van der Waals surface area (Å²) >= 11 is 1.70. The molecule has 3 nitrogen and oxygen atoms in total. The van der Waals surface area contributed by atoms with Crippen LogP contribution in [0.25, 0.3) is 0 Å². The van der Waals surface area contributed by atoms with Crippen LogP contribution in [-0.2, 0) is 13.0 Å². The van der Waals surface area contributed by atoms with Gasteiger partial charge in [0.05, 0.1) is 17.8 Å². The molecule has 0 radical (unpaired) electrons. The molecule has 4 heteroatoms. The molecule has 2 rings (SSSR count). The zero-order valence-corrected chi connectivity index (χ0v) is 12.3. The van der Waals surface area contributed by atoms with E-state index >= 15 is 0 Å². The summed E-state index contributed by atoms with van der Waals surface area (Å²) in [5, 5.41) is 3.32. The van der Waals surface area contributed by atoms with Gasteiger partial charge in [-0.3, -0.25) is 0 Å². The number of aromatic nitrogens is 1. The Kier molecular flexibility index (Phi) is 5.36. The fourth-order valence-corrected chi connectivity index (χ4v) is 2.60. The van der Waals surface area contributed by atoms with E-state index in [4.69, 9.17) is 4.74 Å². The third-order valence-electron chi connectivity index (χ3n) is 2.92. The Bertz CT molecular complexity index is 510. The summed E-state index contributed by atoms with van der Waals surface area (Å²) in [5.74, 6) is 0.942. The molecule has 1 aromatic heterocycles. The predicted octanol–water partition coefficient (Wildman–Crippen LogP) is 3.18. The molecule has 0 spiro atoms. The van der Waals surface area contributed by atoms with Crippen molar-refractivity contribution in [1.29, 1.82) is 0 Å². The van der Waals surface area contributed by atoms with Gasteiger partial charge < -0.3 is 10.1 Å². The highest BCUT2D eigenvalue weighted by molar-refractivity contribution is 7.09. The minimum Gasteiger partial charge on any atom is -0.493 e. The van der Waals surface area contributed by atoms with Gasteiger partial charge in [0.25, 0.3) is 0 Å². The minimum absolute atomic E-state index is 0.702. The first-order chi connectivity index (χ1) is 9.29. The fraction of sp³-hybridized carbons (Fsp3) is 0.400. The molecule has 19 heavy (non-hydrogen) atoms. The number of ether oxygens (including phenoxy) is 1. The first kappa shape index (κ1) is 14.0. The van der Waals surface area contributed by atoms with Gasteiger partial charge in [-0.15, -0.1) is 11.3 Å². The molecule has 0 bridgehead atoms. The van der Waals surface area contributed by atoms with Gasteiger partial charge in [0.2, 0.25) is 0 Å². The van der Waals surface area contributed by atoms with E-state index in [1.165, 1.54) is 10.4 Å². The predicted molar refractivity (Wildman–Crippen MR) is 79.9 cm³/mol. The lowest BCUT2D eigenvalue weighted by molar-refractivity contribution is 0.322. The number of nitrogens with one attached hydrogen (secondary N) is 1. The van der Waals surface area contributed by atoms with Crippen molar-refractivity contribution >= 4 is 11.3 Å². The molecule has 102 valence electrons. The highest BCUT2D eigenvalue weighted by Crippen LogP contribution is 2.16. The molecule has 1 heterocycles. The van der Waals surface area contributed by atoms with E-state index in [2.05, 4.69) is 29.4 Å². The highest BCUT2D eigenvalue weighted by Gasteiger charge is 2.02. The Balaban J connectivity index is 1.84. The van der Waals surface area contributed by atoms with Crippen molar-refractivity contribution in [2.24, 2.45) is 0 Å². The van der Waals surface area contributed by atoms with Crippen LogP contribution in [-0.4, -0.2) is 18.1 Å². The summed E-state index contributed by atoms with van der Waals surface area (Å²) in [4.78, 5) is 5.55. The number of nitrogens with zero attached hydrogens (tertiary/aromatic N) is 1. The summed E-state index contributed by atoms with van der Waals surface area (Å²) in [5.41, 5.74) is 4.27. The molecular weight excluding hydrogens is 256 g/mol. The van der Waals surface area contributed by atoms with E-state index in [9.17, 15) is 0 Å². The molecule has 0 aliphatic rings. The number of rotatable bonds is 7. The number of hydrogen-bond acceptors (Lipinski definition) is 4. The van der Waals surface area contributed by atoms with E-state index in [-0.39, 0.29) is 0 Å². The first-order valence-corrected chi connectivity index (χ1v) is 7.49. The Labute approximate surface area is 118 Å². The SMILES string of the molecule is CCNCc1cccc(OCCc2scnc2C)c1. The maximum atomic E-state index is 5.81. The number of aryl methyl sites for hydroxylation is 1. The smallest absolute Gasteiger partial charge is 0.119 e. The van der Waals surface area contributed by atoms with Crippen molar-refractivity contribution in [2.75, 3.05) is 13.2 Å². The molecule has 0 unspecified atom stereocenters. The van der Waals surface area contributed by atoms with E-state index in [0.717, 1.165) is 31.0 Å². The van der Waals surface area contributed by atoms with Crippen LogP contribution in [0, 0.1) is 6.92 Å². The van der Waals surface area contributed by atoms with Crippen LogP contribution < -0.4 is 10.1 Å². The lowest BCUT2D eigenvalue weighted by atomic mass is 10.2. The number of thiazole rings is 1. The number of hydrogen-bond donors (Lipinski definition) is 1. The quantitative estimate of drug-likeness (QED) is 0.843. The van der Waals surface area contributed by atoms with Crippen molar-refractivity contribution < 1.29 is 4.74 Å². The van der Waals surface area contributed by atoms with Gasteiger partial charge in [-0.2, -0.15) is 0 Å². The summed E-state index contributed by atoms with van der Waals surface area (Å²) in [6.07, 6.45) is 0.925. The molecule has 0 amide bonds. The Hall–Kier alpha value is -1.39. The van der Waals surface area contributed by atoms with Gasteiger partial charge in [0, 0.05) is 17.8 Å². The molecule has 0 aliphatic carbocycles. The van der Waals surface area contributed by atoms with Gasteiger partial charge in [0.15, 0.2) is 0 Å². The van der Waals surface area contributed by atoms with E-state index in [1.54, 1.807) is 11.3 Å². The maximum absolute atomic E-state index is 5.81. The largest absolute Gasteiger partial charge is 0.493 e. The highest BCUT2D eigenvalue weighted by atomic mass is 32.1. The monoisotopic (exact) mass is 276 g/mol. The van der Waals surface area contributed by atoms with Crippen LogP contribution in [0.4, 0.5) is 0 Å². The first-order valence-electron chi connectivity index (χ1n) is 6.61. The molecule has 0 fully saturated rings. The molecule has 2 aromatic rings. The van der Waals surface area contributed by atoms with Crippen LogP contribution in [0.15, 0.2) is 29.8 Å². The van der Waals surface area contributed by atoms with Crippen molar-refractivity contribution in [1.82, 2.24) is 10.3 Å². The van der Waals surface area contributed by atoms with Gasteiger partial charge in [0.1, 0.15) is 5.75 Å². The van der Waals surface area contributed by atoms with Gasteiger partial charge in [-0.25, -0.2) is 4.98 Å². The zero-order chi connectivity index (χ0) is 13.5. The minimum atomic E-state index is 0.702. The lowest BCUT2D eigenvalue weighted by Gasteiger charge is -2.08. The Morgan fingerprint density at radius 2 is 2.26 bits per heavy atom. The van der Waals surface area contributed by atoms with Crippen molar-refractivity contribution in [3.05, 3.63) is 45.9 Å². The molecular formula is C15H20N2OS. The van der Waals surface area contributed by atoms with E-state index in [0.29, 0.717) is 6.61 Å². The lowest BCUT2D eigenvalue weighted by Crippen LogP contribution is -2.11. The van der Waals surface area contributed by atoms with Gasteiger partial charge in [-0.05, 0) is 31.2 Å². The van der Waals surface area contributed by atoms with Crippen molar-refractivity contribution in [3.8, 4) is 5.75 Å².